The summed E-state index contributed by atoms with van der Waals surface area (Å²) in [5, 5.41) is 3.48. The van der Waals surface area contributed by atoms with E-state index in [2.05, 4.69) is 5.32 Å². The van der Waals surface area contributed by atoms with Crippen LogP contribution in [0.3, 0.4) is 0 Å². The van der Waals surface area contributed by atoms with Crippen LogP contribution >= 0.6 is 11.6 Å². The maximum atomic E-state index is 13.5. The van der Waals surface area contributed by atoms with Crippen LogP contribution in [0.5, 0.6) is 5.75 Å². The predicted molar refractivity (Wildman–Crippen MR) is 148 cm³/mol. The van der Waals surface area contributed by atoms with Crippen LogP contribution in [-0.2, 0) is 26.2 Å². The van der Waals surface area contributed by atoms with Crippen molar-refractivity contribution in [1.82, 2.24) is 10.2 Å². The van der Waals surface area contributed by atoms with Crippen molar-refractivity contribution in [2.75, 3.05) is 24.2 Å². The number of amides is 2. The summed E-state index contributed by atoms with van der Waals surface area (Å²) in [5.41, 5.74) is 0.848. The normalized spacial score (nSPS) is 12.5. The molecule has 0 aliphatic heterocycles. The third-order valence-electron chi connectivity index (χ3n) is 5.64. The lowest BCUT2D eigenvalue weighted by Gasteiger charge is -2.33. The molecule has 2 aromatic rings. The first-order valence-corrected chi connectivity index (χ1v) is 14.5. The van der Waals surface area contributed by atoms with Gasteiger partial charge in [-0.3, -0.25) is 13.9 Å². The number of rotatable bonds is 12. The number of anilines is 1. The molecule has 0 aromatic heterocycles. The largest absolute Gasteiger partial charge is 0.497 e. The van der Waals surface area contributed by atoms with E-state index >= 15 is 0 Å². The number of ether oxygens (including phenoxy) is 1. The summed E-state index contributed by atoms with van der Waals surface area (Å²) >= 11 is 5.95. The van der Waals surface area contributed by atoms with Gasteiger partial charge in [-0.1, -0.05) is 30.7 Å². The van der Waals surface area contributed by atoms with Crippen molar-refractivity contribution in [2.45, 2.75) is 65.1 Å². The fourth-order valence-corrected chi connectivity index (χ4v) is 5.04. The summed E-state index contributed by atoms with van der Waals surface area (Å²) < 4.78 is 31.4. The van der Waals surface area contributed by atoms with Gasteiger partial charge in [0.25, 0.3) is 0 Å². The lowest BCUT2D eigenvalue weighted by molar-refractivity contribution is -0.142. The summed E-state index contributed by atoms with van der Waals surface area (Å²) in [4.78, 5) is 28.2. The number of carbonyl (C=O) groups excluding carboxylic acids is 2. The van der Waals surface area contributed by atoms with E-state index in [-0.39, 0.29) is 37.7 Å². The molecule has 2 amide bonds. The fraction of sp³-hybridized carbons (Fsp3) is 0.481. The summed E-state index contributed by atoms with van der Waals surface area (Å²) in [5.74, 6) is 0.192. The first-order chi connectivity index (χ1) is 17.2. The van der Waals surface area contributed by atoms with Crippen LogP contribution in [-0.4, -0.2) is 56.6 Å². The number of halogens is 1. The van der Waals surface area contributed by atoms with Gasteiger partial charge in [-0.15, -0.1) is 0 Å². The second kappa shape index (κ2) is 13.1. The van der Waals surface area contributed by atoms with Gasteiger partial charge in [-0.25, -0.2) is 8.42 Å². The number of carbonyl (C=O) groups is 2. The maximum absolute atomic E-state index is 13.5. The zero-order valence-electron chi connectivity index (χ0n) is 22.5. The Morgan fingerprint density at radius 1 is 1.11 bits per heavy atom. The molecule has 0 bridgehead atoms. The molecule has 2 aromatic carbocycles. The molecule has 0 aliphatic carbocycles. The standard InChI is InChI=1S/C27H38ClN3O5S/c1-7-24(26(33)29-27(2,3)4)30(19-20-10-8-11-23(18-20)36-5)25(32)12-9-17-31(37(6,34)35)22-15-13-21(28)14-16-22/h8,10-11,13-16,18,24H,7,9,12,17,19H2,1-6H3,(H,29,33)/t24-/m0/s1. The zero-order chi connectivity index (χ0) is 27.8. The third-order valence-corrected chi connectivity index (χ3v) is 7.08. The highest BCUT2D eigenvalue weighted by Crippen LogP contribution is 2.22. The van der Waals surface area contributed by atoms with E-state index in [0.29, 0.717) is 22.9 Å². The highest BCUT2D eigenvalue weighted by atomic mass is 35.5. The fourth-order valence-electron chi connectivity index (χ4n) is 3.95. The Hall–Kier alpha value is -2.78. The number of sulfonamides is 1. The molecule has 0 saturated heterocycles. The molecule has 37 heavy (non-hydrogen) atoms. The average Bonchev–Trinajstić information content (AvgIpc) is 2.80. The molecule has 8 nitrogen and oxygen atoms in total. The van der Waals surface area contributed by atoms with Crippen LogP contribution in [0, 0.1) is 0 Å². The Balaban J connectivity index is 2.25. The SMILES string of the molecule is CC[C@@H](C(=O)NC(C)(C)C)N(Cc1cccc(OC)c1)C(=O)CCCN(c1ccc(Cl)cc1)S(C)(=O)=O. The van der Waals surface area contributed by atoms with E-state index in [9.17, 15) is 18.0 Å². The summed E-state index contributed by atoms with van der Waals surface area (Å²) in [6.07, 6.45) is 1.91. The minimum Gasteiger partial charge on any atom is -0.497 e. The van der Waals surface area contributed by atoms with E-state index in [4.69, 9.17) is 16.3 Å². The second-order valence-corrected chi connectivity index (χ2v) is 12.3. The van der Waals surface area contributed by atoms with E-state index in [1.165, 1.54) is 4.31 Å². The van der Waals surface area contributed by atoms with Crippen molar-refractivity contribution in [3.8, 4) is 5.75 Å². The second-order valence-electron chi connectivity index (χ2n) is 9.95. The van der Waals surface area contributed by atoms with Gasteiger partial charge in [0.1, 0.15) is 11.8 Å². The summed E-state index contributed by atoms with van der Waals surface area (Å²) in [6.45, 7) is 7.88. The lowest BCUT2D eigenvalue weighted by atomic mass is 10.0. The zero-order valence-corrected chi connectivity index (χ0v) is 24.0. The van der Waals surface area contributed by atoms with Crippen molar-refractivity contribution < 1.29 is 22.7 Å². The highest BCUT2D eigenvalue weighted by Gasteiger charge is 2.30. The van der Waals surface area contributed by atoms with E-state index in [0.717, 1.165) is 11.8 Å². The highest BCUT2D eigenvalue weighted by molar-refractivity contribution is 7.92. The van der Waals surface area contributed by atoms with Gasteiger partial charge in [0.05, 0.1) is 19.1 Å². The Kier molecular flexibility index (Phi) is 10.8. The van der Waals surface area contributed by atoms with E-state index < -0.39 is 21.6 Å². The molecule has 2 rings (SSSR count). The first-order valence-electron chi connectivity index (χ1n) is 12.2. The molecule has 0 spiro atoms. The van der Waals surface area contributed by atoms with Crippen LogP contribution in [0.25, 0.3) is 0 Å². The number of hydrogen-bond acceptors (Lipinski definition) is 5. The van der Waals surface area contributed by atoms with E-state index in [1.54, 1.807) is 36.3 Å². The molecule has 0 radical (unpaired) electrons. The third kappa shape index (κ3) is 9.55. The molecule has 0 aliphatic rings. The Morgan fingerprint density at radius 3 is 2.30 bits per heavy atom. The Bertz CT molecular complexity index is 1160. The molecule has 0 saturated carbocycles. The maximum Gasteiger partial charge on any atom is 0.243 e. The van der Waals surface area contributed by atoms with Crippen LogP contribution in [0.4, 0.5) is 5.69 Å². The number of methoxy groups -OCH3 is 1. The van der Waals surface area contributed by atoms with Crippen LogP contribution < -0.4 is 14.4 Å². The van der Waals surface area contributed by atoms with Gasteiger partial charge in [0.15, 0.2) is 0 Å². The smallest absolute Gasteiger partial charge is 0.243 e. The minimum atomic E-state index is -3.57. The number of nitrogens with zero attached hydrogens (tertiary/aromatic N) is 2. The Labute approximate surface area is 226 Å². The van der Waals surface area contributed by atoms with Gasteiger partial charge in [0, 0.05) is 30.1 Å². The summed E-state index contributed by atoms with van der Waals surface area (Å²) in [7, 11) is -2.00. The lowest BCUT2D eigenvalue weighted by Crippen LogP contribution is -2.53. The summed E-state index contributed by atoms with van der Waals surface area (Å²) in [6, 6.07) is 13.2. The average molecular weight is 552 g/mol. The van der Waals surface area contributed by atoms with Crippen LogP contribution in [0.2, 0.25) is 5.02 Å². The van der Waals surface area contributed by atoms with Crippen LogP contribution in [0.15, 0.2) is 48.5 Å². The van der Waals surface area contributed by atoms with Crippen molar-refractivity contribution in [2.24, 2.45) is 0 Å². The van der Waals surface area contributed by atoms with Crippen molar-refractivity contribution in [3.63, 3.8) is 0 Å². The van der Waals surface area contributed by atoms with Crippen LogP contribution in [0.1, 0.15) is 52.5 Å². The Morgan fingerprint density at radius 2 is 1.76 bits per heavy atom. The molecule has 0 fully saturated rings. The molecule has 10 heteroatoms. The van der Waals surface area contributed by atoms with Gasteiger partial charge in [-0.2, -0.15) is 0 Å². The molecule has 0 unspecified atom stereocenters. The molecular weight excluding hydrogens is 514 g/mol. The predicted octanol–water partition coefficient (Wildman–Crippen LogP) is 4.62. The van der Waals surface area contributed by atoms with Gasteiger partial charge in [0.2, 0.25) is 21.8 Å². The molecule has 1 atom stereocenters. The minimum absolute atomic E-state index is 0.0723. The molecule has 204 valence electrons. The number of nitrogens with one attached hydrogen (secondary N) is 1. The molecular formula is C27H38ClN3O5S. The van der Waals surface area contributed by atoms with Crippen molar-refractivity contribution in [3.05, 3.63) is 59.1 Å². The monoisotopic (exact) mass is 551 g/mol. The number of hydrogen-bond donors (Lipinski definition) is 1. The number of benzene rings is 2. The van der Waals surface area contributed by atoms with Gasteiger partial charge in [-0.05, 0) is 75.6 Å². The van der Waals surface area contributed by atoms with Gasteiger partial charge >= 0.3 is 0 Å². The van der Waals surface area contributed by atoms with E-state index in [1.807, 2.05) is 52.0 Å². The van der Waals surface area contributed by atoms with Crippen molar-refractivity contribution >= 4 is 39.1 Å². The van der Waals surface area contributed by atoms with Crippen molar-refractivity contribution in [1.29, 1.82) is 0 Å². The first kappa shape index (κ1) is 30.4. The quantitative estimate of drug-likeness (QED) is 0.415. The van der Waals surface area contributed by atoms with Gasteiger partial charge < -0.3 is 15.0 Å². The molecule has 0 heterocycles. The molecule has 1 N–H and O–H groups in total. The topological polar surface area (TPSA) is 96.0 Å².